The third-order valence-corrected chi connectivity index (χ3v) is 6.23. The van der Waals surface area contributed by atoms with Crippen molar-refractivity contribution < 1.29 is 14.3 Å². The molecule has 5 nitrogen and oxygen atoms in total. The van der Waals surface area contributed by atoms with Gasteiger partial charge in [0.15, 0.2) is 0 Å². The minimum absolute atomic E-state index is 0.118. The van der Waals surface area contributed by atoms with E-state index in [0.29, 0.717) is 22.3 Å². The maximum absolute atomic E-state index is 13.2. The van der Waals surface area contributed by atoms with E-state index in [4.69, 9.17) is 27.9 Å². The van der Waals surface area contributed by atoms with E-state index in [9.17, 15) is 9.59 Å². The van der Waals surface area contributed by atoms with Crippen LogP contribution in [0.4, 0.5) is 0 Å². The topological polar surface area (TPSA) is 58.6 Å². The van der Waals surface area contributed by atoms with Gasteiger partial charge in [0.25, 0.3) is 0 Å². The van der Waals surface area contributed by atoms with Crippen molar-refractivity contribution in [3.8, 4) is 5.75 Å². The highest BCUT2D eigenvalue weighted by molar-refractivity contribution is 7.99. The fraction of sp³-hybridized carbons (Fsp3) is 0.417. The van der Waals surface area contributed by atoms with Gasteiger partial charge in [-0.25, -0.2) is 0 Å². The van der Waals surface area contributed by atoms with E-state index < -0.39 is 6.04 Å². The monoisotopic (exact) mass is 496 g/mol. The van der Waals surface area contributed by atoms with Gasteiger partial charge in [0.2, 0.25) is 11.8 Å². The minimum atomic E-state index is -0.622. The Morgan fingerprint density at radius 3 is 2.34 bits per heavy atom. The first kappa shape index (κ1) is 26.4. The highest BCUT2D eigenvalue weighted by Crippen LogP contribution is 2.25. The van der Waals surface area contributed by atoms with Gasteiger partial charge in [0.05, 0.1) is 12.9 Å². The van der Waals surface area contributed by atoms with Crippen LogP contribution in [-0.4, -0.2) is 41.2 Å². The molecule has 0 spiro atoms. The molecule has 0 aromatic heterocycles. The van der Waals surface area contributed by atoms with E-state index in [1.54, 1.807) is 31.1 Å². The molecule has 0 saturated heterocycles. The third kappa shape index (κ3) is 8.23. The van der Waals surface area contributed by atoms with Gasteiger partial charge >= 0.3 is 0 Å². The van der Waals surface area contributed by atoms with E-state index in [2.05, 4.69) is 5.32 Å². The molecule has 0 heterocycles. The summed E-state index contributed by atoms with van der Waals surface area (Å²) in [6.45, 7) is 7.82. The summed E-state index contributed by atoms with van der Waals surface area (Å²) in [6, 6.07) is 12.2. The highest BCUT2D eigenvalue weighted by Gasteiger charge is 2.28. The predicted octanol–water partition coefficient (Wildman–Crippen LogP) is 5.57. The number of ether oxygens (including phenoxy) is 1. The molecular formula is C24H30Cl2N2O3S. The van der Waals surface area contributed by atoms with E-state index >= 15 is 0 Å². The van der Waals surface area contributed by atoms with Gasteiger partial charge < -0.3 is 15.0 Å². The fourth-order valence-electron chi connectivity index (χ4n) is 2.95. The molecule has 1 atom stereocenters. The number of methoxy groups -OCH3 is 1. The summed E-state index contributed by atoms with van der Waals surface area (Å²) in [6.07, 6.45) is 0. The van der Waals surface area contributed by atoms with Crippen molar-refractivity contribution in [1.29, 1.82) is 0 Å². The Labute approximate surface area is 204 Å². The van der Waals surface area contributed by atoms with Crippen molar-refractivity contribution in [2.45, 2.75) is 51.6 Å². The maximum Gasteiger partial charge on any atom is 0.242 e. The molecule has 8 heteroatoms. The van der Waals surface area contributed by atoms with Crippen LogP contribution in [0.3, 0.4) is 0 Å². The molecule has 2 aromatic rings. The van der Waals surface area contributed by atoms with Gasteiger partial charge in [0.1, 0.15) is 11.8 Å². The predicted molar refractivity (Wildman–Crippen MR) is 134 cm³/mol. The number of nitrogens with one attached hydrogen (secondary N) is 1. The van der Waals surface area contributed by atoms with Gasteiger partial charge in [-0.1, -0.05) is 41.4 Å². The van der Waals surface area contributed by atoms with Crippen LogP contribution in [0.15, 0.2) is 42.5 Å². The van der Waals surface area contributed by atoms with Crippen LogP contribution in [0.2, 0.25) is 10.0 Å². The Balaban J connectivity index is 2.12. The van der Waals surface area contributed by atoms with E-state index in [0.717, 1.165) is 16.9 Å². The fourth-order valence-corrected chi connectivity index (χ4v) is 4.42. The smallest absolute Gasteiger partial charge is 0.242 e. The highest BCUT2D eigenvalue weighted by atomic mass is 35.5. The van der Waals surface area contributed by atoms with Crippen LogP contribution in [0, 0.1) is 0 Å². The number of hydrogen-bond donors (Lipinski definition) is 1. The molecule has 2 rings (SSSR count). The molecule has 0 saturated carbocycles. The van der Waals surface area contributed by atoms with Crippen LogP contribution >= 0.6 is 35.0 Å². The second kappa shape index (κ2) is 11.8. The summed E-state index contributed by atoms with van der Waals surface area (Å²) in [4.78, 5) is 27.6. The van der Waals surface area contributed by atoms with Gasteiger partial charge in [-0.2, -0.15) is 0 Å². The lowest BCUT2D eigenvalue weighted by atomic mass is 10.1. The standard InChI is InChI=1S/C24H30Cl2N2O3S/c1-16(23(30)27-24(2,3)4)28(13-17-6-10-20(31-5)11-7-17)22(29)15-32-14-18-8-9-19(25)12-21(18)26/h6-12,16H,13-15H2,1-5H3,(H,27,30). The summed E-state index contributed by atoms with van der Waals surface area (Å²) >= 11 is 13.6. The van der Waals surface area contributed by atoms with Gasteiger partial charge in [0, 0.05) is 27.9 Å². The zero-order chi connectivity index (χ0) is 23.9. The Kier molecular flexibility index (Phi) is 9.74. The van der Waals surface area contributed by atoms with E-state index in [1.165, 1.54) is 11.8 Å². The number of hydrogen-bond acceptors (Lipinski definition) is 4. The Hall–Kier alpha value is -1.89. The van der Waals surface area contributed by atoms with E-state index in [-0.39, 0.29) is 23.1 Å². The largest absolute Gasteiger partial charge is 0.497 e. The van der Waals surface area contributed by atoms with E-state index in [1.807, 2.05) is 51.1 Å². The molecule has 0 aliphatic rings. The number of benzene rings is 2. The summed E-state index contributed by atoms with van der Waals surface area (Å²) in [5, 5.41) is 4.11. The Morgan fingerprint density at radius 2 is 1.78 bits per heavy atom. The molecular weight excluding hydrogens is 467 g/mol. The summed E-state index contributed by atoms with van der Waals surface area (Å²) in [5.41, 5.74) is 1.44. The minimum Gasteiger partial charge on any atom is -0.497 e. The average Bonchev–Trinajstić information content (AvgIpc) is 2.72. The van der Waals surface area contributed by atoms with Crippen molar-refractivity contribution >= 4 is 46.8 Å². The van der Waals surface area contributed by atoms with Crippen molar-refractivity contribution in [3.05, 3.63) is 63.6 Å². The lowest BCUT2D eigenvalue weighted by Crippen LogP contribution is -2.52. The molecule has 0 aliphatic carbocycles. The molecule has 0 bridgehead atoms. The third-order valence-electron chi connectivity index (χ3n) is 4.68. The lowest BCUT2D eigenvalue weighted by molar-refractivity contribution is -0.139. The summed E-state index contributed by atoms with van der Waals surface area (Å²) < 4.78 is 5.21. The molecule has 0 aliphatic heterocycles. The number of carbonyl (C=O) groups is 2. The van der Waals surface area contributed by atoms with Crippen molar-refractivity contribution in [2.24, 2.45) is 0 Å². The molecule has 0 radical (unpaired) electrons. The van der Waals surface area contributed by atoms with Crippen LogP contribution in [0.5, 0.6) is 5.75 Å². The van der Waals surface area contributed by atoms with Crippen LogP contribution in [0.25, 0.3) is 0 Å². The quantitative estimate of drug-likeness (QED) is 0.492. The number of halogens is 2. The molecule has 0 fully saturated rings. The second-order valence-corrected chi connectivity index (χ2v) is 10.3. The number of thioether (sulfide) groups is 1. The molecule has 2 aromatic carbocycles. The molecule has 1 unspecified atom stereocenters. The first-order valence-corrected chi connectivity index (χ1v) is 12.2. The molecule has 174 valence electrons. The Morgan fingerprint density at radius 1 is 1.12 bits per heavy atom. The molecule has 1 N–H and O–H groups in total. The summed E-state index contributed by atoms with van der Waals surface area (Å²) in [7, 11) is 1.61. The van der Waals surface area contributed by atoms with Crippen molar-refractivity contribution in [2.75, 3.05) is 12.9 Å². The number of amides is 2. The van der Waals surface area contributed by atoms with Crippen molar-refractivity contribution in [1.82, 2.24) is 10.2 Å². The van der Waals surface area contributed by atoms with Crippen LogP contribution < -0.4 is 10.1 Å². The van der Waals surface area contributed by atoms with Crippen molar-refractivity contribution in [3.63, 3.8) is 0 Å². The summed E-state index contributed by atoms with van der Waals surface area (Å²) in [5.74, 6) is 1.22. The number of carbonyl (C=O) groups excluding carboxylic acids is 2. The SMILES string of the molecule is COc1ccc(CN(C(=O)CSCc2ccc(Cl)cc2Cl)C(C)C(=O)NC(C)(C)C)cc1. The van der Waals surface area contributed by atoms with Gasteiger partial charge in [-0.15, -0.1) is 11.8 Å². The van der Waals surface area contributed by atoms with Crippen LogP contribution in [0.1, 0.15) is 38.8 Å². The Bertz CT molecular complexity index is 930. The zero-order valence-corrected chi connectivity index (χ0v) is 21.4. The number of rotatable bonds is 9. The zero-order valence-electron chi connectivity index (χ0n) is 19.1. The normalized spacial score (nSPS) is 12.2. The first-order valence-electron chi connectivity index (χ1n) is 10.3. The average molecular weight is 497 g/mol. The molecule has 2 amide bonds. The maximum atomic E-state index is 13.2. The van der Waals surface area contributed by atoms with Gasteiger partial charge in [-0.05, 0) is 63.1 Å². The van der Waals surface area contributed by atoms with Gasteiger partial charge in [-0.3, -0.25) is 9.59 Å². The van der Waals surface area contributed by atoms with Crippen LogP contribution in [-0.2, 0) is 21.9 Å². The lowest BCUT2D eigenvalue weighted by Gasteiger charge is -2.31. The number of nitrogens with zero attached hydrogens (tertiary/aromatic N) is 1. The molecule has 32 heavy (non-hydrogen) atoms. The first-order chi connectivity index (χ1) is 15.0. The second-order valence-electron chi connectivity index (χ2n) is 8.51.